The van der Waals surface area contributed by atoms with E-state index in [9.17, 15) is 4.79 Å². The van der Waals surface area contributed by atoms with Crippen LogP contribution in [0.1, 0.15) is 21.5 Å². The predicted molar refractivity (Wildman–Crippen MR) is 109 cm³/mol. The van der Waals surface area contributed by atoms with Crippen molar-refractivity contribution >= 4 is 50.8 Å². The number of carbonyl (C=O) groups excluding carboxylic acids is 1. The summed E-state index contributed by atoms with van der Waals surface area (Å²) in [4.78, 5) is 17.8. The SMILES string of the molecule is CSCCn1c(=NC(=O)c2ccc(C)c(C)c2)sc2cc(Cl)ccc21. The molecule has 0 saturated carbocycles. The molecule has 0 spiro atoms. The van der Waals surface area contributed by atoms with E-state index >= 15 is 0 Å². The van der Waals surface area contributed by atoms with E-state index in [1.54, 1.807) is 11.8 Å². The maximum Gasteiger partial charge on any atom is 0.279 e. The van der Waals surface area contributed by atoms with E-state index in [2.05, 4.69) is 15.8 Å². The summed E-state index contributed by atoms with van der Waals surface area (Å²) in [6.07, 6.45) is 2.07. The number of aromatic nitrogens is 1. The van der Waals surface area contributed by atoms with Crippen molar-refractivity contribution in [1.29, 1.82) is 0 Å². The monoisotopic (exact) mass is 390 g/mol. The summed E-state index contributed by atoms with van der Waals surface area (Å²) < 4.78 is 3.14. The van der Waals surface area contributed by atoms with E-state index < -0.39 is 0 Å². The van der Waals surface area contributed by atoms with E-state index in [0.717, 1.165) is 32.9 Å². The molecule has 1 amide bonds. The van der Waals surface area contributed by atoms with Gasteiger partial charge < -0.3 is 4.57 Å². The van der Waals surface area contributed by atoms with Crippen LogP contribution < -0.4 is 4.80 Å². The van der Waals surface area contributed by atoms with Crippen LogP contribution >= 0.6 is 34.7 Å². The van der Waals surface area contributed by atoms with Crippen molar-refractivity contribution in [1.82, 2.24) is 4.57 Å². The van der Waals surface area contributed by atoms with Gasteiger partial charge in [0, 0.05) is 22.9 Å². The van der Waals surface area contributed by atoms with Crippen LogP contribution in [0.5, 0.6) is 0 Å². The number of benzene rings is 2. The molecule has 2 aromatic carbocycles. The molecule has 0 aliphatic rings. The molecule has 1 heterocycles. The fraction of sp³-hybridized carbons (Fsp3) is 0.263. The maximum atomic E-state index is 12.6. The van der Waals surface area contributed by atoms with Gasteiger partial charge in [0.1, 0.15) is 0 Å². The van der Waals surface area contributed by atoms with E-state index in [4.69, 9.17) is 11.6 Å². The van der Waals surface area contributed by atoms with Crippen LogP contribution in [-0.4, -0.2) is 22.5 Å². The molecular formula is C19H19ClN2OS2. The summed E-state index contributed by atoms with van der Waals surface area (Å²) in [5.41, 5.74) is 3.95. The Morgan fingerprint density at radius 2 is 2.00 bits per heavy atom. The second kappa shape index (κ2) is 7.77. The summed E-state index contributed by atoms with van der Waals surface area (Å²) in [6, 6.07) is 11.5. The number of rotatable bonds is 4. The Kier molecular flexibility index (Phi) is 5.67. The van der Waals surface area contributed by atoms with Gasteiger partial charge in [-0.05, 0) is 61.6 Å². The Labute approximate surface area is 160 Å². The first-order chi connectivity index (χ1) is 12.0. The van der Waals surface area contributed by atoms with Gasteiger partial charge in [0.25, 0.3) is 5.91 Å². The number of fused-ring (bicyclic) bond motifs is 1. The van der Waals surface area contributed by atoms with E-state index in [1.807, 2.05) is 50.2 Å². The Hall–Kier alpha value is -1.56. The molecule has 3 nitrogen and oxygen atoms in total. The Bertz CT molecular complexity index is 1000. The molecule has 3 rings (SSSR count). The first-order valence-corrected chi connectivity index (χ1v) is 10.5. The molecule has 1 aromatic heterocycles. The summed E-state index contributed by atoms with van der Waals surface area (Å²) >= 11 is 9.39. The highest BCUT2D eigenvalue weighted by Crippen LogP contribution is 2.22. The molecule has 25 heavy (non-hydrogen) atoms. The molecule has 0 radical (unpaired) electrons. The summed E-state index contributed by atoms with van der Waals surface area (Å²) in [7, 11) is 0. The topological polar surface area (TPSA) is 34.4 Å². The van der Waals surface area contributed by atoms with E-state index in [-0.39, 0.29) is 5.91 Å². The second-order valence-electron chi connectivity index (χ2n) is 5.86. The Morgan fingerprint density at radius 3 is 2.72 bits per heavy atom. The molecule has 0 aliphatic carbocycles. The average molecular weight is 391 g/mol. The van der Waals surface area contributed by atoms with Crippen molar-refractivity contribution in [3.05, 3.63) is 62.9 Å². The Morgan fingerprint density at radius 1 is 1.20 bits per heavy atom. The van der Waals surface area contributed by atoms with Crippen LogP contribution in [0.2, 0.25) is 5.02 Å². The zero-order valence-electron chi connectivity index (χ0n) is 14.4. The van der Waals surface area contributed by atoms with Gasteiger partial charge in [-0.1, -0.05) is 29.0 Å². The molecule has 130 valence electrons. The zero-order valence-corrected chi connectivity index (χ0v) is 16.8. The molecule has 6 heteroatoms. The lowest BCUT2D eigenvalue weighted by Gasteiger charge is -2.04. The van der Waals surface area contributed by atoms with Crippen LogP contribution in [0.3, 0.4) is 0 Å². The molecule has 0 N–H and O–H groups in total. The zero-order chi connectivity index (χ0) is 18.0. The largest absolute Gasteiger partial charge is 0.316 e. The lowest BCUT2D eigenvalue weighted by atomic mass is 10.1. The highest BCUT2D eigenvalue weighted by molar-refractivity contribution is 7.98. The van der Waals surface area contributed by atoms with Crippen molar-refractivity contribution in [2.24, 2.45) is 4.99 Å². The molecule has 0 atom stereocenters. The number of aryl methyl sites for hydroxylation is 3. The predicted octanol–water partition coefficient (Wildman–Crippen LogP) is 5.08. The van der Waals surface area contributed by atoms with Gasteiger partial charge in [0.2, 0.25) is 0 Å². The summed E-state index contributed by atoms with van der Waals surface area (Å²) in [5.74, 6) is 0.748. The van der Waals surface area contributed by atoms with Gasteiger partial charge in [-0.2, -0.15) is 16.8 Å². The first kappa shape index (κ1) is 18.2. The highest BCUT2D eigenvalue weighted by atomic mass is 35.5. The lowest BCUT2D eigenvalue weighted by molar-refractivity contribution is 0.0998. The number of carbonyl (C=O) groups is 1. The summed E-state index contributed by atoms with van der Waals surface area (Å²) in [5, 5.41) is 0.692. The molecule has 0 saturated heterocycles. The molecule has 0 unspecified atom stereocenters. The minimum Gasteiger partial charge on any atom is -0.316 e. The van der Waals surface area contributed by atoms with Gasteiger partial charge in [-0.25, -0.2) is 0 Å². The molecular weight excluding hydrogens is 372 g/mol. The standard InChI is InChI=1S/C19H19ClN2OS2/c1-12-4-5-14(10-13(12)2)18(23)21-19-22(8-9-24-3)16-7-6-15(20)11-17(16)25-19/h4-7,10-11H,8-9H2,1-3H3. The van der Waals surface area contributed by atoms with Crippen molar-refractivity contribution in [2.45, 2.75) is 20.4 Å². The molecule has 3 aromatic rings. The highest BCUT2D eigenvalue weighted by Gasteiger charge is 2.10. The molecule has 0 fully saturated rings. The minimum absolute atomic E-state index is 0.210. The third-order valence-electron chi connectivity index (χ3n) is 4.11. The van der Waals surface area contributed by atoms with Gasteiger partial charge >= 0.3 is 0 Å². The number of hydrogen-bond donors (Lipinski definition) is 0. The van der Waals surface area contributed by atoms with Gasteiger partial charge in [0.15, 0.2) is 4.80 Å². The lowest BCUT2D eigenvalue weighted by Crippen LogP contribution is -2.18. The summed E-state index contributed by atoms with van der Waals surface area (Å²) in [6.45, 7) is 4.85. The van der Waals surface area contributed by atoms with Crippen molar-refractivity contribution in [3.63, 3.8) is 0 Å². The van der Waals surface area contributed by atoms with Gasteiger partial charge in [0.05, 0.1) is 10.2 Å². The first-order valence-electron chi connectivity index (χ1n) is 7.94. The van der Waals surface area contributed by atoms with Crippen LogP contribution in [0.15, 0.2) is 41.4 Å². The third kappa shape index (κ3) is 4.00. The number of thioether (sulfide) groups is 1. The molecule has 0 aliphatic heterocycles. The third-order valence-corrected chi connectivity index (χ3v) is 5.98. The van der Waals surface area contributed by atoms with Crippen molar-refractivity contribution in [2.75, 3.05) is 12.0 Å². The van der Waals surface area contributed by atoms with E-state index in [1.165, 1.54) is 16.9 Å². The number of amides is 1. The van der Waals surface area contributed by atoms with Crippen LogP contribution in [0, 0.1) is 13.8 Å². The fourth-order valence-corrected chi connectivity index (χ4v) is 4.25. The van der Waals surface area contributed by atoms with E-state index in [0.29, 0.717) is 10.6 Å². The quantitative estimate of drug-likeness (QED) is 0.622. The fourth-order valence-electron chi connectivity index (χ4n) is 2.56. The maximum absolute atomic E-state index is 12.6. The number of hydrogen-bond acceptors (Lipinski definition) is 3. The second-order valence-corrected chi connectivity index (χ2v) is 8.29. The van der Waals surface area contributed by atoms with Crippen LogP contribution in [0.4, 0.5) is 0 Å². The number of halogens is 1. The van der Waals surface area contributed by atoms with Gasteiger partial charge in [-0.15, -0.1) is 0 Å². The van der Waals surface area contributed by atoms with Crippen molar-refractivity contribution in [3.8, 4) is 0 Å². The smallest absolute Gasteiger partial charge is 0.279 e. The Balaban J connectivity index is 2.10. The van der Waals surface area contributed by atoms with Gasteiger partial charge in [-0.3, -0.25) is 4.79 Å². The minimum atomic E-state index is -0.210. The van der Waals surface area contributed by atoms with Crippen molar-refractivity contribution < 1.29 is 4.79 Å². The number of nitrogens with zero attached hydrogens (tertiary/aromatic N) is 2. The van der Waals surface area contributed by atoms with Crippen LogP contribution in [-0.2, 0) is 6.54 Å². The average Bonchev–Trinajstić information content (AvgIpc) is 2.91. The molecule has 0 bridgehead atoms. The number of thiazole rings is 1. The van der Waals surface area contributed by atoms with Crippen LogP contribution in [0.25, 0.3) is 10.2 Å². The normalized spacial score (nSPS) is 12.1.